The van der Waals surface area contributed by atoms with Crippen LogP contribution in [0.5, 0.6) is 0 Å². The predicted octanol–water partition coefficient (Wildman–Crippen LogP) is 4.70. The number of halogens is 3. The van der Waals surface area contributed by atoms with Crippen LogP contribution in [0.15, 0.2) is 53.3 Å². The SMILES string of the molecule is Cc1ncc(-c2ccc(Nc3cccc4cn(CC(F)(F)F)nc34)cn2)o1. The van der Waals surface area contributed by atoms with Crippen molar-refractivity contribution in [3.05, 3.63) is 54.8 Å². The number of alkyl halides is 3. The van der Waals surface area contributed by atoms with E-state index in [0.29, 0.717) is 39.6 Å². The first-order valence-corrected chi connectivity index (χ1v) is 8.06. The number of nitrogens with zero attached hydrogens (tertiary/aromatic N) is 4. The van der Waals surface area contributed by atoms with Crippen LogP contribution in [0.4, 0.5) is 24.5 Å². The topological polar surface area (TPSA) is 68.8 Å². The second-order valence-corrected chi connectivity index (χ2v) is 5.99. The highest BCUT2D eigenvalue weighted by molar-refractivity contribution is 5.91. The first-order valence-electron chi connectivity index (χ1n) is 8.06. The molecule has 4 aromatic rings. The molecule has 0 aliphatic heterocycles. The number of oxazole rings is 1. The fourth-order valence-electron chi connectivity index (χ4n) is 2.71. The zero-order valence-corrected chi connectivity index (χ0v) is 14.2. The van der Waals surface area contributed by atoms with E-state index in [9.17, 15) is 13.2 Å². The summed E-state index contributed by atoms with van der Waals surface area (Å²) in [6.07, 6.45) is 0.258. The average molecular weight is 373 g/mol. The van der Waals surface area contributed by atoms with Crippen LogP contribution in [0.3, 0.4) is 0 Å². The van der Waals surface area contributed by atoms with Gasteiger partial charge in [0.25, 0.3) is 0 Å². The number of fused-ring (bicyclic) bond motifs is 1. The molecule has 0 atom stereocenters. The molecule has 0 bridgehead atoms. The smallest absolute Gasteiger partial charge is 0.408 e. The molecule has 4 rings (SSSR count). The molecule has 138 valence electrons. The summed E-state index contributed by atoms with van der Waals surface area (Å²) in [5.74, 6) is 1.11. The molecular weight excluding hydrogens is 359 g/mol. The van der Waals surface area contributed by atoms with Crippen molar-refractivity contribution in [3.8, 4) is 11.5 Å². The molecule has 0 spiro atoms. The maximum absolute atomic E-state index is 12.6. The van der Waals surface area contributed by atoms with Crippen molar-refractivity contribution < 1.29 is 17.6 Å². The molecule has 0 unspecified atom stereocenters. The normalized spacial score (nSPS) is 11.9. The van der Waals surface area contributed by atoms with E-state index >= 15 is 0 Å². The molecule has 9 heteroatoms. The largest absolute Gasteiger partial charge is 0.439 e. The number of hydrogen-bond donors (Lipinski definition) is 1. The average Bonchev–Trinajstić information content (AvgIpc) is 3.20. The van der Waals surface area contributed by atoms with Gasteiger partial charge in [0.2, 0.25) is 0 Å². The van der Waals surface area contributed by atoms with Crippen molar-refractivity contribution in [3.63, 3.8) is 0 Å². The molecule has 0 amide bonds. The number of benzene rings is 1. The predicted molar refractivity (Wildman–Crippen MR) is 93.5 cm³/mol. The number of nitrogens with one attached hydrogen (secondary N) is 1. The van der Waals surface area contributed by atoms with Crippen LogP contribution >= 0.6 is 0 Å². The lowest BCUT2D eigenvalue weighted by Crippen LogP contribution is -2.17. The van der Waals surface area contributed by atoms with Crippen molar-refractivity contribution in [2.75, 3.05) is 5.32 Å². The minimum atomic E-state index is -4.32. The summed E-state index contributed by atoms with van der Waals surface area (Å²) < 4.78 is 44.1. The molecule has 0 radical (unpaired) electrons. The van der Waals surface area contributed by atoms with Gasteiger partial charge in [-0.1, -0.05) is 12.1 Å². The highest BCUT2D eigenvalue weighted by atomic mass is 19.4. The summed E-state index contributed by atoms with van der Waals surface area (Å²) >= 11 is 0. The quantitative estimate of drug-likeness (QED) is 0.562. The van der Waals surface area contributed by atoms with Gasteiger partial charge >= 0.3 is 6.18 Å². The Morgan fingerprint density at radius 2 is 1.96 bits per heavy atom. The molecule has 1 N–H and O–H groups in total. The Morgan fingerprint density at radius 1 is 1.11 bits per heavy atom. The Kier molecular flexibility index (Phi) is 4.06. The third-order valence-electron chi connectivity index (χ3n) is 3.84. The Balaban J connectivity index is 1.59. The second kappa shape index (κ2) is 6.42. The van der Waals surface area contributed by atoms with Crippen molar-refractivity contribution in [2.45, 2.75) is 19.6 Å². The molecular formula is C18H14F3N5O. The van der Waals surface area contributed by atoms with Crippen LogP contribution in [0.2, 0.25) is 0 Å². The lowest BCUT2D eigenvalue weighted by Gasteiger charge is -2.07. The third kappa shape index (κ3) is 3.76. The van der Waals surface area contributed by atoms with Crippen molar-refractivity contribution in [2.24, 2.45) is 0 Å². The van der Waals surface area contributed by atoms with E-state index < -0.39 is 12.7 Å². The van der Waals surface area contributed by atoms with Gasteiger partial charge in [0.05, 0.1) is 23.8 Å². The summed E-state index contributed by atoms with van der Waals surface area (Å²) in [6, 6.07) is 8.79. The molecule has 3 aromatic heterocycles. The zero-order chi connectivity index (χ0) is 19.0. The van der Waals surface area contributed by atoms with Crippen LogP contribution in [0.25, 0.3) is 22.4 Å². The highest BCUT2D eigenvalue weighted by Crippen LogP contribution is 2.27. The van der Waals surface area contributed by atoms with Gasteiger partial charge < -0.3 is 9.73 Å². The standard InChI is InChI=1S/C18H14F3N5O/c1-11-22-8-16(27-11)14-6-5-13(7-23-14)24-15-4-2-3-12-9-26(25-17(12)15)10-18(19,20)21/h2-9,24H,10H2,1H3. The van der Waals surface area contributed by atoms with E-state index in [1.807, 2.05) is 0 Å². The van der Waals surface area contributed by atoms with Crippen LogP contribution in [-0.2, 0) is 6.54 Å². The molecule has 0 saturated heterocycles. The molecule has 1 aromatic carbocycles. The van der Waals surface area contributed by atoms with Gasteiger partial charge in [-0.25, -0.2) is 4.98 Å². The summed E-state index contributed by atoms with van der Waals surface area (Å²) in [7, 11) is 0. The summed E-state index contributed by atoms with van der Waals surface area (Å²) in [5, 5.41) is 7.81. The van der Waals surface area contributed by atoms with Gasteiger partial charge in [-0.05, 0) is 18.2 Å². The Bertz CT molecular complexity index is 1080. The van der Waals surface area contributed by atoms with Gasteiger partial charge in [0.1, 0.15) is 17.8 Å². The maximum Gasteiger partial charge on any atom is 0.408 e. The van der Waals surface area contributed by atoms with Gasteiger partial charge in [-0.15, -0.1) is 0 Å². The van der Waals surface area contributed by atoms with Gasteiger partial charge in [0.15, 0.2) is 11.7 Å². The van der Waals surface area contributed by atoms with E-state index in [-0.39, 0.29) is 0 Å². The number of aromatic nitrogens is 4. The molecule has 0 aliphatic carbocycles. The lowest BCUT2D eigenvalue weighted by molar-refractivity contribution is -0.142. The van der Waals surface area contributed by atoms with Gasteiger partial charge in [-0.3, -0.25) is 9.67 Å². The minimum absolute atomic E-state index is 0.455. The lowest BCUT2D eigenvalue weighted by atomic mass is 10.2. The number of anilines is 2. The van der Waals surface area contributed by atoms with Crippen LogP contribution < -0.4 is 5.32 Å². The van der Waals surface area contributed by atoms with Crippen LogP contribution in [-0.4, -0.2) is 25.9 Å². The van der Waals surface area contributed by atoms with Crippen LogP contribution in [0, 0.1) is 6.92 Å². The maximum atomic E-state index is 12.6. The summed E-state index contributed by atoms with van der Waals surface area (Å²) in [5.41, 5.74) is 2.36. The molecule has 6 nitrogen and oxygen atoms in total. The zero-order valence-electron chi connectivity index (χ0n) is 14.2. The van der Waals surface area contributed by atoms with Crippen molar-refractivity contribution >= 4 is 22.3 Å². The molecule has 0 saturated carbocycles. The fourth-order valence-corrected chi connectivity index (χ4v) is 2.71. The first-order chi connectivity index (χ1) is 12.9. The summed E-state index contributed by atoms with van der Waals surface area (Å²) in [4.78, 5) is 8.35. The molecule has 27 heavy (non-hydrogen) atoms. The Morgan fingerprint density at radius 3 is 2.63 bits per heavy atom. The second-order valence-electron chi connectivity index (χ2n) is 5.99. The third-order valence-corrected chi connectivity index (χ3v) is 3.84. The Hall–Kier alpha value is -3.36. The Labute approximate surface area is 151 Å². The monoisotopic (exact) mass is 373 g/mol. The van der Waals surface area contributed by atoms with E-state index in [4.69, 9.17) is 4.42 Å². The van der Waals surface area contributed by atoms with Crippen molar-refractivity contribution in [1.29, 1.82) is 0 Å². The first kappa shape index (κ1) is 17.1. The molecule has 0 aliphatic rings. The summed E-state index contributed by atoms with van der Waals surface area (Å²) in [6.45, 7) is 0.617. The van der Waals surface area contributed by atoms with Gasteiger partial charge in [0, 0.05) is 18.5 Å². The number of hydrogen-bond acceptors (Lipinski definition) is 5. The highest BCUT2D eigenvalue weighted by Gasteiger charge is 2.28. The minimum Gasteiger partial charge on any atom is -0.439 e. The fraction of sp³-hybridized carbons (Fsp3) is 0.167. The number of aryl methyl sites for hydroxylation is 1. The molecule has 0 fully saturated rings. The van der Waals surface area contributed by atoms with Crippen molar-refractivity contribution in [1.82, 2.24) is 19.7 Å². The number of pyridine rings is 1. The van der Waals surface area contributed by atoms with E-state index in [1.54, 1.807) is 49.6 Å². The van der Waals surface area contributed by atoms with Crippen LogP contribution in [0.1, 0.15) is 5.89 Å². The van der Waals surface area contributed by atoms with Gasteiger partial charge in [-0.2, -0.15) is 18.3 Å². The van der Waals surface area contributed by atoms with E-state index in [0.717, 1.165) is 4.68 Å². The van der Waals surface area contributed by atoms with E-state index in [1.165, 1.54) is 6.20 Å². The molecule has 3 heterocycles. The number of rotatable bonds is 4. The van der Waals surface area contributed by atoms with E-state index in [2.05, 4.69) is 20.4 Å².